The maximum atomic E-state index is 14.7. The zero-order chi connectivity index (χ0) is 85.7. The summed E-state index contributed by atoms with van der Waals surface area (Å²) in [7, 11) is 1.58. The molecule has 0 atom stereocenters. The first kappa shape index (κ1) is 97.4. The van der Waals surface area contributed by atoms with E-state index in [1.54, 1.807) is 36.4 Å². The summed E-state index contributed by atoms with van der Waals surface area (Å²) in [6.07, 6.45) is 22.2. The van der Waals surface area contributed by atoms with Crippen molar-refractivity contribution in [3.8, 4) is 47.4 Å². The minimum Gasteiger partial charge on any atom is -0.462 e. The molecule has 0 saturated carbocycles. The fraction of sp³-hybridized carbons (Fsp3) is 0.500. The molecule has 0 spiro atoms. The van der Waals surface area contributed by atoms with Crippen molar-refractivity contribution in [2.45, 2.75) is 223 Å². The lowest BCUT2D eigenvalue weighted by atomic mass is 9.98. The smallest absolute Gasteiger partial charge is 0.340 e. The molecule has 4 N–H and O–H groups in total. The number of nitrogens with zero attached hydrogens (tertiary/aromatic N) is 3. The van der Waals surface area contributed by atoms with Crippen LogP contribution in [0, 0.1) is 47.4 Å². The number of amides is 4. The van der Waals surface area contributed by atoms with E-state index in [1.165, 1.54) is 76.2 Å². The van der Waals surface area contributed by atoms with Crippen LogP contribution in [0.15, 0.2) is 83.1 Å². The quantitative estimate of drug-likeness (QED) is 0.00702. The summed E-state index contributed by atoms with van der Waals surface area (Å²) in [5.74, 6) is 19.2. The van der Waals surface area contributed by atoms with Gasteiger partial charge in [-0.15, -0.1) is 5.11 Å². The van der Waals surface area contributed by atoms with Crippen LogP contribution in [0.1, 0.15) is 320 Å². The van der Waals surface area contributed by atoms with Gasteiger partial charge < -0.3 is 59.2 Å². The molecule has 118 heavy (non-hydrogen) atoms. The Morgan fingerprint density at radius 1 is 0.305 bits per heavy atom. The minimum atomic E-state index is -0.796. The zero-order valence-electron chi connectivity index (χ0n) is 71.2. The van der Waals surface area contributed by atoms with Gasteiger partial charge in [-0.3, -0.25) is 24.2 Å². The van der Waals surface area contributed by atoms with Crippen molar-refractivity contribution < 1.29 is 81.0 Å². The summed E-state index contributed by atoms with van der Waals surface area (Å²) in [4.78, 5) is 124. The average Bonchev–Trinajstić information content (AvgIpc) is 0.799. The number of benzene rings is 5. The van der Waals surface area contributed by atoms with E-state index in [0.717, 1.165) is 128 Å². The monoisotopic (exact) mass is 1620 g/mol. The van der Waals surface area contributed by atoms with Crippen LogP contribution < -0.4 is 21.3 Å². The van der Waals surface area contributed by atoms with E-state index < -0.39 is 53.5 Å². The van der Waals surface area contributed by atoms with Crippen molar-refractivity contribution >= 4 is 81.9 Å². The third-order valence-corrected chi connectivity index (χ3v) is 18.4. The molecule has 5 aromatic carbocycles. The van der Waals surface area contributed by atoms with Crippen LogP contribution in [-0.2, 0) is 57.1 Å². The number of carbonyl (C=O) groups is 9. The highest BCUT2D eigenvalue weighted by Gasteiger charge is 2.24. The maximum absolute atomic E-state index is 14.7. The first-order chi connectivity index (χ1) is 57.2. The Bertz CT molecular complexity index is 4440. The van der Waals surface area contributed by atoms with Crippen LogP contribution in [0.2, 0.25) is 0 Å². The van der Waals surface area contributed by atoms with Gasteiger partial charge in [-0.1, -0.05) is 221 Å². The van der Waals surface area contributed by atoms with Gasteiger partial charge in [-0.25, -0.2) is 24.0 Å². The van der Waals surface area contributed by atoms with Crippen LogP contribution in [-0.4, -0.2) is 145 Å². The number of carbonyl (C=O) groups excluding carboxylic acids is 9. The molecule has 24 nitrogen and oxygen atoms in total. The second kappa shape index (κ2) is 57.0. The Morgan fingerprint density at radius 2 is 0.585 bits per heavy atom. The predicted octanol–water partition coefficient (Wildman–Crippen LogP) is 18.4. The third kappa shape index (κ3) is 36.6. The first-order valence-corrected chi connectivity index (χ1v) is 41.8. The number of esters is 5. The number of rotatable bonds is 50. The highest BCUT2D eigenvalue weighted by molar-refractivity contribution is 6.02. The summed E-state index contributed by atoms with van der Waals surface area (Å²) in [6, 6.07) is 18.1. The Labute approximate surface area is 698 Å². The summed E-state index contributed by atoms with van der Waals surface area (Å²) in [6.45, 7) is 20.3. The summed E-state index contributed by atoms with van der Waals surface area (Å²) < 4.78 is 45.2. The van der Waals surface area contributed by atoms with Gasteiger partial charge in [0.2, 0.25) is 23.6 Å². The fourth-order valence-corrected chi connectivity index (χ4v) is 12.0. The van der Waals surface area contributed by atoms with E-state index in [4.69, 9.17) is 37.9 Å². The van der Waals surface area contributed by atoms with Gasteiger partial charge in [0, 0.05) is 86.8 Å². The molecule has 0 fully saturated rings. The molecule has 0 bridgehead atoms. The van der Waals surface area contributed by atoms with Crippen molar-refractivity contribution in [3.05, 3.63) is 145 Å². The summed E-state index contributed by atoms with van der Waals surface area (Å²) >= 11 is 0. The molecule has 5 rings (SSSR count). The highest BCUT2D eigenvalue weighted by atomic mass is 16.6. The third-order valence-electron chi connectivity index (χ3n) is 18.4. The van der Waals surface area contributed by atoms with E-state index in [0.29, 0.717) is 58.6 Å². The van der Waals surface area contributed by atoms with Crippen molar-refractivity contribution in [2.75, 3.05) is 108 Å². The van der Waals surface area contributed by atoms with Crippen LogP contribution in [0.4, 0.5) is 28.4 Å². The van der Waals surface area contributed by atoms with Crippen LogP contribution in [0.5, 0.6) is 0 Å². The van der Waals surface area contributed by atoms with E-state index in [1.807, 2.05) is 13.8 Å². The van der Waals surface area contributed by atoms with Crippen molar-refractivity contribution in [3.63, 3.8) is 0 Å². The molecule has 5 aromatic rings. The van der Waals surface area contributed by atoms with Gasteiger partial charge >= 0.3 is 29.8 Å². The number of methoxy groups -OCH3 is 1. The van der Waals surface area contributed by atoms with Gasteiger partial charge in [0.05, 0.1) is 116 Å². The van der Waals surface area contributed by atoms with Crippen molar-refractivity contribution in [1.29, 1.82) is 0 Å². The van der Waals surface area contributed by atoms with E-state index >= 15 is 0 Å². The molecule has 0 aromatic heterocycles. The molecule has 0 heterocycles. The average molecular weight is 1620 g/mol. The fourth-order valence-electron chi connectivity index (χ4n) is 12.0. The Balaban J connectivity index is 1.83. The van der Waals surface area contributed by atoms with Crippen molar-refractivity contribution in [2.24, 2.45) is 10.3 Å². The topological polar surface area (TPSA) is 304 Å². The number of anilines is 4. The van der Waals surface area contributed by atoms with E-state index in [-0.39, 0.29) is 147 Å². The number of hydrogen-bond donors (Lipinski definition) is 4. The Morgan fingerprint density at radius 3 is 0.932 bits per heavy atom. The lowest BCUT2D eigenvalue weighted by Crippen LogP contribution is -2.15. The van der Waals surface area contributed by atoms with Gasteiger partial charge in [0.25, 0.3) is 0 Å². The molecule has 4 amide bonds. The van der Waals surface area contributed by atoms with Crippen LogP contribution >= 0.6 is 0 Å². The SMILES string of the molecule is CCCCCCCCOC(=O)c1cc(NC(C)=O)c(C#Cc2cc(C#Cc3ccccc3C(=O)OCCOCCOCCOC)c(NC(C)=O)cc2C(=O)OCCCCCCCC)cc1C#Cc1cc(C#Cc2cc(N=NN(CC)CC)c(C(=O)OCCCCCCCC)cc2NC(C)=O)c(C(=O)OCCCCCCCC)cc1NC(C)=O. The molecule has 0 radical (unpaired) electrons. The van der Waals surface area contributed by atoms with Crippen LogP contribution in [0.3, 0.4) is 0 Å². The zero-order valence-corrected chi connectivity index (χ0v) is 71.2. The van der Waals surface area contributed by atoms with Gasteiger partial charge in [-0.05, 0) is 100 Å². The standard InChI is InChI=1S/C94H121N7O17/c1-12-18-22-26-30-36-50-114-91(107)81-64-85(95-68(7)102)76(46-42-72-40-34-35-41-80(72)90(106)118-59-58-113-57-56-112-55-54-111-11)60-73(81)43-47-77-61-74(82(65-86(77)96-69(8)103)92(108)115-51-37-31-27-23-19-13-2)44-48-78-62-75(83(66-87(78)97-70(9)104)93(109)116-52-38-32-28-24-20-14-3)45-49-79-63-89(99-100-101(16-5)17-6)84(67-88(79)98-71(10)105)94(110)117-53-39-33-29-25-21-15-4/h34-35,40-41,60-67H,12-33,36-39,50-59H2,1-11H3,(H,95,102)(H,96,103)(H,97,104)(H,98,105). The Kier molecular flexibility index (Phi) is 47.1. The molecule has 0 unspecified atom stereocenters. The summed E-state index contributed by atoms with van der Waals surface area (Å²) in [5, 5.41) is 21.8. The number of unbranched alkanes of at least 4 members (excludes halogenated alkanes) is 20. The van der Waals surface area contributed by atoms with Crippen LogP contribution in [0.25, 0.3) is 0 Å². The highest BCUT2D eigenvalue weighted by Crippen LogP contribution is 2.32. The molecule has 0 aliphatic carbocycles. The lowest BCUT2D eigenvalue weighted by Gasteiger charge is -2.14. The number of ether oxygens (including phenoxy) is 8. The molecular formula is C94H121N7O17. The predicted molar refractivity (Wildman–Crippen MR) is 459 cm³/mol. The largest absolute Gasteiger partial charge is 0.462 e. The van der Waals surface area contributed by atoms with Crippen molar-refractivity contribution in [1.82, 2.24) is 5.01 Å². The number of hydrogen-bond acceptors (Lipinski definition) is 19. The minimum absolute atomic E-state index is 0.0182. The second-order valence-corrected chi connectivity index (χ2v) is 28.3. The molecule has 0 aliphatic heterocycles. The van der Waals surface area contributed by atoms with E-state index in [9.17, 15) is 43.2 Å². The lowest BCUT2D eigenvalue weighted by molar-refractivity contribution is -0.115. The van der Waals surface area contributed by atoms with Gasteiger partial charge in [0.1, 0.15) is 12.3 Å². The molecule has 0 aliphatic rings. The molecular weight excluding hydrogens is 1500 g/mol. The normalized spacial score (nSPS) is 10.6. The molecule has 24 heteroatoms. The number of nitrogens with one attached hydrogen (secondary N) is 4. The second-order valence-electron chi connectivity index (χ2n) is 28.3. The maximum Gasteiger partial charge on any atom is 0.340 e. The summed E-state index contributed by atoms with van der Waals surface area (Å²) in [5.41, 5.74) is 1.31. The molecule has 634 valence electrons. The van der Waals surface area contributed by atoms with Gasteiger partial charge in [-0.2, -0.15) is 0 Å². The molecule has 0 saturated heterocycles. The van der Waals surface area contributed by atoms with Gasteiger partial charge in [0.15, 0.2) is 0 Å². The first-order valence-electron chi connectivity index (χ1n) is 41.8. The van der Waals surface area contributed by atoms with E-state index in [2.05, 4.69) is 107 Å². The Hall–Kier alpha value is -11.1.